The molecule has 0 radical (unpaired) electrons. The number of hydrogen-bond acceptors (Lipinski definition) is 3. The Labute approximate surface area is 399 Å². The zero-order valence-electron chi connectivity index (χ0n) is 51.3. The number of nitrogens with zero attached hydrogens (tertiary/aromatic N) is 3. The van der Waals surface area contributed by atoms with Crippen molar-refractivity contribution in [3.8, 4) is 67.5 Å². The number of imidazole rings is 1. The van der Waals surface area contributed by atoms with Gasteiger partial charge in [-0.3, -0.25) is 9.55 Å². The Morgan fingerprint density at radius 1 is 0.656 bits per heavy atom. The van der Waals surface area contributed by atoms with Crippen LogP contribution in [0.1, 0.15) is 112 Å². The summed E-state index contributed by atoms with van der Waals surface area (Å²) in [4.78, 5) is 9.74. The third-order valence-electron chi connectivity index (χ3n) is 10.6. The Morgan fingerprint density at radius 3 is 2.07 bits per heavy atom. The molecule has 8 rings (SSSR count). The minimum Gasteiger partial charge on any atom is -0.507 e. The van der Waals surface area contributed by atoms with Gasteiger partial charge in [-0.2, -0.15) is 0 Å². The molecule has 0 atom stereocenters. The SMILES string of the molecule is [2H]c1nc(-c2[c-]c(-c3cccc4c3nc(-c3cc(C)cc(C)c3O)n4-c3ccc(-c4ccccc4)cc3C(C)(C)C)cc(C(C)(C)C)c2)c([2H])c(-c2c([2H])c([2H])c(C(C([2H])([2H])[2H])(C([2H])([2H])[2H])C([2H])([2H])[2H])c([2H])c2[2H])c1[2H].[Pt]. The molecule has 0 aliphatic rings. The molecule has 0 spiro atoms. The number of benzene rings is 6. The Kier molecular flexibility index (Phi) is 7.35. The second-order valence-corrected chi connectivity index (χ2v) is 17.4. The van der Waals surface area contributed by atoms with Crippen LogP contribution in [0.4, 0.5) is 0 Å². The van der Waals surface area contributed by atoms with Crippen molar-refractivity contribution in [1.29, 1.82) is 0 Å². The number of phenols is 1. The first-order valence-corrected chi connectivity index (χ1v) is 19.7. The summed E-state index contributed by atoms with van der Waals surface area (Å²) in [5, 5.41) is 11.8. The van der Waals surface area contributed by atoms with Crippen LogP contribution in [-0.2, 0) is 37.3 Å². The van der Waals surface area contributed by atoms with Gasteiger partial charge < -0.3 is 5.11 Å². The first-order chi connectivity index (χ1) is 35.0. The molecular weight excluding hydrogens is 926 g/mol. The summed E-state index contributed by atoms with van der Waals surface area (Å²) in [6.45, 7) is 4.32. The number of phenolic OH excluding ortho intramolecular Hbond substituents is 1. The standard InChI is InChI=1S/C56H56N3O.Pt/c1-35-28-36(2)52(60)46(29-35)53-58-51-45(18-15-19-50(51)59(53)49-25-22-39(33-47(49)56(9,10)11)37-16-13-12-14-17-37)41-30-42(32-44(31-41)55(6,7)8)48-34-40(26-27-57-48)38-20-23-43(24-21-38)54(3,4)5;/h12-29,31-34,60H,1-11H3;/q-1;/i3D3,4D3,5D3,20D,21D,23D,24D,26D,27D,34D;. The third-order valence-corrected chi connectivity index (χ3v) is 10.6. The molecule has 4 nitrogen and oxygen atoms in total. The Morgan fingerprint density at radius 2 is 1.38 bits per heavy atom. The van der Waals surface area contributed by atoms with Gasteiger partial charge in [0.1, 0.15) is 11.6 Å². The molecule has 312 valence electrons. The first-order valence-electron chi connectivity index (χ1n) is 27.7. The fourth-order valence-electron chi connectivity index (χ4n) is 7.48. The topological polar surface area (TPSA) is 50.9 Å². The van der Waals surface area contributed by atoms with E-state index in [2.05, 4.69) is 62.2 Å². The molecule has 1 N–H and O–H groups in total. The van der Waals surface area contributed by atoms with Crippen LogP contribution in [-0.4, -0.2) is 19.6 Å². The monoisotopic (exact) mass is 998 g/mol. The second kappa shape index (κ2) is 16.4. The summed E-state index contributed by atoms with van der Waals surface area (Å²) in [7, 11) is 0. The number of pyridine rings is 1. The van der Waals surface area contributed by atoms with Crippen molar-refractivity contribution in [3.05, 3.63) is 167 Å². The van der Waals surface area contributed by atoms with Crippen molar-refractivity contribution < 1.29 is 48.1 Å². The maximum Gasteiger partial charge on any atom is 0.148 e. The molecule has 0 amide bonds. The third kappa shape index (κ3) is 8.66. The second-order valence-electron chi connectivity index (χ2n) is 17.4. The normalized spacial score (nSPS) is 16.5. The van der Waals surface area contributed by atoms with Gasteiger partial charge in [-0.1, -0.05) is 158 Å². The molecule has 0 bridgehead atoms. The van der Waals surface area contributed by atoms with Crippen molar-refractivity contribution in [1.82, 2.24) is 14.5 Å². The molecule has 8 aromatic rings. The average molecular weight is 998 g/mol. The average Bonchev–Trinajstić information content (AvgIpc) is 3.78. The number of aryl methyl sites for hydroxylation is 2. The van der Waals surface area contributed by atoms with E-state index in [4.69, 9.17) is 25.5 Å². The van der Waals surface area contributed by atoms with E-state index in [9.17, 15) is 6.48 Å². The molecule has 0 fully saturated rings. The zero-order chi connectivity index (χ0) is 56.3. The minimum absolute atomic E-state index is 0. The van der Waals surface area contributed by atoms with Gasteiger partial charge in [0.2, 0.25) is 0 Å². The molecule has 0 unspecified atom stereocenters. The number of aromatic nitrogens is 3. The molecule has 0 saturated carbocycles. The number of rotatable bonds is 6. The van der Waals surface area contributed by atoms with Gasteiger partial charge in [0, 0.05) is 45.3 Å². The van der Waals surface area contributed by atoms with Gasteiger partial charge in [-0.05, 0) is 105 Å². The number of hydrogen-bond donors (Lipinski definition) is 1. The van der Waals surface area contributed by atoms with Crippen LogP contribution in [0.2, 0.25) is 0 Å². The van der Waals surface area contributed by atoms with E-state index in [0.717, 1.165) is 27.9 Å². The van der Waals surface area contributed by atoms with Crippen LogP contribution < -0.4 is 0 Å². The summed E-state index contributed by atoms with van der Waals surface area (Å²) in [5.74, 6) is 0.517. The molecule has 61 heavy (non-hydrogen) atoms. The van der Waals surface area contributed by atoms with E-state index >= 15 is 0 Å². The van der Waals surface area contributed by atoms with Crippen molar-refractivity contribution in [3.63, 3.8) is 0 Å². The van der Waals surface area contributed by atoms with Crippen LogP contribution >= 0.6 is 0 Å². The molecule has 5 heteroatoms. The van der Waals surface area contributed by atoms with Gasteiger partial charge in [-0.15, -0.1) is 29.3 Å². The number of fused-ring (bicyclic) bond motifs is 1. The molecule has 2 aromatic heterocycles. The van der Waals surface area contributed by atoms with E-state index < -0.39 is 95.9 Å². The Balaban J connectivity index is 0.00000861. The zero-order valence-corrected chi connectivity index (χ0v) is 37.5. The van der Waals surface area contributed by atoms with Gasteiger partial charge in [0.05, 0.1) is 31.9 Å². The van der Waals surface area contributed by atoms with Crippen molar-refractivity contribution in [2.24, 2.45) is 0 Å². The smallest absolute Gasteiger partial charge is 0.148 e. The predicted octanol–water partition coefficient (Wildman–Crippen LogP) is 14.8. The summed E-state index contributed by atoms with van der Waals surface area (Å²) >= 11 is 0. The summed E-state index contributed by atoms with van der Waals surface area (Å²) < 4.78 is 140. The largest absolute Gasteiger partial charge is 0.507 e. The summed E-state index contributed by atoms with van der Waals surface area (Å²) in [5.41, 5.74) is 1.12. The maximum atomic E-state index is 11.8. The van der Waals surface area contributed by atoms with Crippen LogP contribution in [0.25, 0.3) is 72.7 Å². The van der Waals surface area contributed by atoms with Crippen molar-refractivity contribution >= 4 is 11.0 Å². The van der Waals surface area contributed by atoms with E-state index in [1.54, 1.807) is 6.07 Å². The Hall–Kier alpha value is -5.57. The fraction of sp³-hybridized carbons (Fsp3) is 0.250. The fourth-order valence-corrected chi connectivity index (χ4v) is 7.48. The molecule has 0 saturated heterocycles. The molecule has 0 aliphatic carbocycles. The van der Waals surface area contributed by atoms with Crippen LogP contribution in [0.3, 0.4) is 0 Å². The molecule has 2 heterocycles. The van der Waals surface area contributed by atoms with E-state index in [1.807, 2.05) is 93.8 Å². The number of para-hydroxylation sites is 1. The first kappa shape index (κ1) is 27.4. The Bertz CT molecular complexity index is 3580. The van der Waals surface area contributed by atoms with Crippen LogP contribution in [0, 0.1) is 19.9 Å². The predicted molar refractivity (Wildman–Crippen MR) is 252 cm³/mol. The maximum absolute atomic E-state index is 11.8. The van der Waals surface area contributed by atoms with E-state index in [1.165, 1.54) is 0 Å². The van der Waals surface area contributed by atoms with E-state index in [-0.39, 0.29) is 38.1 Å². The minimum atomic E-state index is -3.92. The molecular formula is C56H56N3OPt-. The van der Waals surface area contributed by atoms with Gasteiger partial charge in [-0.25, -0.2) is 4.98 Å². The van der Waals surface area contributed by atoms with Crippen molar-refractivity contribution in [2.45, 2.75) is 92.2 Å². The van der Waals surface area contributed by atoms with Crippen LogP contribution in [0.15, 0.2) is 133 Å². The molecule has 0 aliphatic heterocycles. The molecule has 6 aromatic carbocycles. The van der Waals surface area contributed by atoms with Gasteiger partial charge >= 0.3 is 0 Å². The van der Waals surface area contributed by atoms with Crippen molar-refractivity contribution in [2.75, 3.05) is 0 Å². The number of aromatic hydroxyl groups is 1. The van der Waals surface area contributed by atoms with Crippen LogP contribution in [0.5, 0.6) is 5.75 Å². The summed E-state index contributed by atoms with van der Waals surface area (Å²) in [6, 6.07) is 26.6. The quantitative estimate of drug-likeness (QED) is 0.169. The van der Waals surface area contributed by atoms with Gasteiger partial charge in [0.25, 0.3) is 0 Å². The van der Waals surface area contributed by atoms with E-state index in [0.29, 0.717) is 44.7 Å². The summed E-state index contributed by atoms with van der Waals surface area (Å²) in [6.07, 6.45) is -0.744. The van der Waals surface area contributed by atoms with Gasteiger partial charge in [0.15, 0.2) is 0 Å².